The van der Waals surface area contributed by atoms with Crippen LogP contribution in [0.25, 0.3) is 33.3 Å². The lowest BCUT2D eigenvalue weighted by Gasteiger charge is -2.17. The Labute approximate surface area is 178 Å². The molecule has 2 N–H and O–H groups in total. The maximum atomic E-state index is 13.9. The number of aliphatic carboxylic acids is 1. The number of rotatable bonds is 5. The number of carboxylic acid groups (broad SMARTS) is 1. The van der Waals surface area contributed by atoms with Crippen molar-refractivity contribution < 1.29 is 14.3 Å². The van der Waals surface area contributed by atoms with Crippen LogP contribution in [0.2, 0.25) is 0 Å². The van der Waals surface area contributed by atoms with E-state index in [0.717, 1.165) is 11.1 Å². The van der Waals surface area contributed by atoms with Crippen molar-refractivity contribution >= 4 is 22.6 Å². The molecule has 0 saturated heterocycles. The summed E-state index contributed by atoms with van der Waals surface area (Å²) in [6, 6.07) is 22.7. The molecule has 0 fully saturated rings. The van der Waals surface area contributed by atoms with Gasteiger partial charge in [0.15, 0.2) is 0 Å². The minimum absolute atomic E-state index is 0.165. The van der Waals surface area contributed by atoms with E-state index in [1.54, 1.807) is 0 Å². The first-order chi connectivity index (χ1) is 15.0. The SMILES string of the molecule is CC(Nc1c(C#N)c(-c2ccc(-c3ccccc3)cc2)nc2ccc(F)cc12)C(=O)O. The van der Waals surface area contributed by atoms with Crippen LogP contribution in [-0.2, 0) is 4.79 Å². The van der Waals surface area contributed by atoms with E-state index >= 15 is 0 Å². The van der Waals surface area contributed by atoms with Crippen molar-refractivity contribution in [1.82, 2.24) is 4.98 Å². The van der Waals surface area contributed by atoms with Crippen molar-refractivity contribution in [3.63, 3.8) is 0 Å². The highest BCUT2D eigenvalue weighted by Crippen LogP contribution is 2.35. The maximum absolute atomic E-state index is 13.9. The van der Waals surface area contributed by atoms with Gasteiger partial charge >= 0.3 is 5.97 Å². The molecule has 4 rings (SSSR count). The standard InChI is InChI=1S/C25H18FN3O2/c1-15(25(30)31)28-24-20-13-19(26)11-12-22(20)29-23(21(24)14-27)18-9-7-17(8-10-18)16-5-3-2-4-6-16/h2-13,15H,1H3,(H,28,29)(H,30,31). The van der Waals surface area contributed by atoms with E-state index in [-0.39, 0.29) is 11.3 Å². The van der Waals surface area contributed by atoms with Crippen LogP contribution in [0.5, 0.6) is 0 Å². The highest BCUT2D eigenvalue weighted by atomic mass is 19.1. The zero-order valence-corrected chi connectivity index (χ0v) is 16.6. The van der Waals surface area contributed by atoms with Crippen LogP contribution in [0.15, 0.2) is 72.8 Å². The molecule has 3 aromatic carbocycles. The molecule has 0 bridgehead atoms. The number of hydrogen-bond donors (Lipinski definition) is 2. The molecular formula is C25H18FN3O2. The average molecular weight is 411 g/mol. The van der Waals surface area contributed by atoms with Gasteiger partial charge in [0.25, 0.3) is 0 Å². The molecule has 0 aliphatic rings. The first-order valence-electron chi connectivity index (χ1n) is 9.66. The number of halogens is 1. The van der Waals surface area contributed by atoms with E-state index < -0.39 is 17.8 Å². The zero-order valence-electron chi connectivity index (χ0n) is 16.6. The minimum atomic E-state index is -1.08. The topological polar surface area (TPSA) is 86.0 Å². The summed E-state index contributed by atoms with van der Waals surface area (Å²) in [6.07, 6.45) is 0. The van der Waals surface area contributed by atoms with Gasteiger partial charge in [-0.05, 0) is 36.2 Å². The number of fused-ring (bicyclic) bond motifs is 1. The van der Waals surface area contributed by atoms with Crippen molar-refractivity contribution in [2.24, 2.45) is 0 Å². The third-order valence-electron chi connectivity index (χ3n) is 5.06. The molecule has 31 heavy (non-hydrogen) atoms. The molecule has 1 atom stereocenters. The largest absolute Gasteiger partial charge is 0.480 e. The highest BCUT2D eigenvalue weighted by Gasteiger charge is 2.20. The summed E-state index contributed by atoms with van der Waals surface area (Å²) >= 11 is 0. The van der Waals surface area contributed by atoms with Crippen LogP contribution in [-0.4, -0.2) is 22.1 Å². The number of nitrogens with one attached hydrogen (secondary N) is 1. The van der Waals surface area contributed by atoms with Crippen LogP contribution >= 0.6 is 0 Å². The summed E-state index contributed by atoms with van der Waals surface area (Å²) in [5.74, 6) is -1.58. The van der Waals surface area contributed by atoms with Crippen molar-refractivity contribution in [2.75, 3.05) is 5.32 Å². The van der Waals surface area contributed by atoms with E-state index in [0.29, 0.717) is 22.2 Å². The van der Waals surface area contributed by atoms with Crippen LogP contribution in [0.1, 0.15) is 12.5 Å². The van der Waals surface area contributed by atoms with Crippen molar-refractivity contribution in [3.05, 3.63) is 84.2 Å². The Kier molecular flexibility index (Phi) is 5.33. The molecule has 4 aromatic rings. The second-order valence-corrected chi connectivity index (χ2v) is 7.13. The highest BCUT2D eigenvalue weighted by molar-refractivity contribution is 5.99. The summed E-state index contributed by atoms with van der Waals surface area (Å²) in [5, 5.41) is 22.4. The Morgan fingerprint density at radius 1 is 1.03 bits per heavy atom. The third-order valence-corrected chi connectivity index (χ3v) is 5.06. The smallest absolute Gasteiger partial charge is 0.325 e. The first kappa shape index (κ1) is 20.0. The van der Waals surface area contributed by atoms with Gasteiger partial charge in [-0.2, -0.15) is 5.26 Å². The number of nitrogens with zero attached hydrogens (tertiary/aromatic N) is 2. The lowest BCUT2D eigenvalue weighted by Crippen LogP contribution is -2.26. The normalized spacial score (nSPS) is 11.6. The van der Waals surface area contributed by atoms with Gasteiger partial charge < -0.3 is 10.4 Å². The van der Waals surface area contributed by atoms with E-state index in [1.165, 1.54) is 25.1 Å². The quantitative estimate of drug-likeness (QED) is 0.455. The molecule has 1 unspecified atom stereocenters. The second kappa shape index (κ2) is 8.25. The lowest BCUT2D eigenvalue weighted by molar-refractivity contribution is -0.137. The number of hydrogen-bond acceptors (Lipinski definition) is 4. The van der Waals surface area contributed by atoms with Gasteiger partial charge in [0, 0.05) is 10.9 Å². The van der Waals surface area contributed by atoms with Gasteiger partial charge in [-0.15, -0.1) is 0 Å². The number of benzene rings is 3. The van der Waals surface area contributed by atoms with E-state index in [1.807, 2.05) is 54.6 Å². The summed E-state index contributed by atoms with van der Waals surface area (Å²) in [5.41, 5.74) is 4.07. The summed E-state index contributed by atoms with van der Waals surface area (Å²) in [4.78, 5) is 16.0. The zero-order chi connectivity index (χ0) is 22.0. The monoisotopic (exact) mass is 411 g/mol. The molecule has 0 amide bonds. The third kappa shape index (κ3) is 3.94. The van der Waals surface area contributed by atoms with Gasteiger partial charge in [-0.3, -0.25) is 4.79 Å². The van der Waals surface area contributed by atoms with Gasteiger partial charge in [0.2, 0.25) is 0 Å². The van der Waals surface area contributed by atoms with Crippen LogP contribution < -0.4 is 5.32 Å². The van der Waals surface area contributed by atoms with Crippen molar-refractivity contribution in [1.29, 1.82) is 5.26 Å². The number of carboxylic acids is 1. The van der Waals surface area contributed by atoms with Crippen LogP contribution in [0.3, 0.4) is 0 Å². The fourth-order valence-corrected chi connectivity index (χ4v) is 3.43. The Bertz CT molecular complexity index is 1310. The summed E-state index contributed by atoms with van der Waals surface area (Å²) in [6.45, 7) is 1.46. The van der Waals surface area contributed by atoms with Gasteiger partial charge in [0.1, 0.15) is 23.5 Å². The minimum Gasteiger partial charge on any atom is -0.480 e. The Hall–Kier alpha value is -4.24. The maximum Gasteiger partial charge on any atom is 0.325 e. The molecule has 1 aromatic heterocycles. The Balaban J connectivity index is 1.89. The molecular weight excluding hydrogens is 393 g/mol. The molecule has 5 nitrogen and oxygen atoms in total. The van der Waals surface area contributed by atoms with E-state index in [9.17, 15) is 19.6 Å². The molecule has 0 aliphatic heterocycles. The average Bonchev–Trinajstić information content (AvgIpc) is 2.79. The molecule has 0 spiro atoms. The number of aromatic nitrogens is 1. The van der Waals surface area contributed by atoms with Crippen LogP contribution in [0, 0.1) is 17.1 Å². The molecule has 0 radical (unpaired) electrons. The fraction of sp³-hybridized carbons (Fsp3) is 0.0800. The first-order valence-corrected chi connectivity index (χ1v) is 9.66. The van der Waals surface area contributed by atoms with Gasteiger partial charge in [-0.25, -0.2) is 9.37 Å². The molecule has 0 saturated carbocycles. The predicted molar refractivity (Wildman–Crippen MR) is 118 cm³/mol. The summed E-state index contributed by atoms with van der Waals surface area (Å²) < 4.78 is 13.9. The van der Waals surface area contributed by atoms with Crippen molar-refractivity contribution in [2.45, 2.75) is 13.0 Å². The molecule has 6 heteroatoms. The lowest BCUT2D eigenvalue weighted by atomic mass is 9.98. The van der Waals surface area contributed by atoms with Crippen molar-refractivity contribution in [3.8, 4) is 28.5 Å². The number of anilines is 1. The predicted octanol–water partition coefficient (Wildman–Crippen LogP) is 5.46. The number of nitriles is 1. The number of pyridine rings is 1. The van der Waals surface area contributed by atoms with Gasteiger partial charge in [-0.1, -0.05) is 54.6 Å². The molecule has 1 heterocycles. The summed E-state index contributed by atoms with van der Waals surface area (Å²) in [7, 11) is 0. The molecule has 0 aliphatic carbocycles. The molecule has 152 valence electrons. The Morgan fingerprint density at radius 2 is 1.68 bits per heavy atom. The Morgan fingerprint density at radius 3 is 2.32 bits per heavy atom. The van der Waals surface area contributed by atoms with E-state index in [2.05, 4.69) is 16.4 Å². The van der Waals surface area contributed by atoms with Crippen LogP contribution in [0.4, 0.5) is 10.1 Å². The fourth-order valence-electron chi connectivity index (χ4n) is 3.43. The van der Waals surface area contributed by atoms with E-state index in [4.69, 9.17) is 0 Å². The van der Waals surface area contributed by atoms with Gasteiger partial charge in [0.05, 0.1) is 16.9 Å². The second-order valence-electron chi connectivity index (χ2n) is 7.13. The number of carbonyl (C=O) groups is 1.